The summed E-state index contributed by atoms with van der Waals surface area (Å²) in [4.78, 5) is 2.54. The Labute approximate surface area is 129 Å². The zero-order valence-corrected chi connectivity index (χ0v) is 12.5. The summed E-state index contributed by atoms with van der Waals surface area (Å²) in [7, 11) is 0. The number of hydrogen-bond acceptors (Lipinski definition) is 1. The molecule has 0 aliphatic carbocycles. The second-order valence-corrected chi connectivity index (χ2v) is 5.88. The third-order valence-electron chi connectivity index (χ3n) is 3.13. The molecule has 0 N–H and O–H groups in total. The van der Waals surface area contributed by atoms with E-state index in [0.717, 1.165) is 0 Å². The molecule has 0 radical (unpaired) electrons. The van der Waals surface area contributed by atoms with Crippen LogP contribution in [0, 0.1) is 0 Å². The summed E-state index contributed by atoms with van der Waals surface area (Å²) in [5, 5.41) is 0. The molecule has 0 unspecified atom stereocenters. The summed E-state index contributed by atoms with van der Waals surface area (Å²) < 4.78 is 0. The molecule has 0 fully saturated rings. The first-order valence-electron chi connectivity index (χ1n) is 6.96. The zero-order chi connectivity index (χ0) is 14.3. The third kappa shape index (κ3) is 4.04. The van der Waals surface area contributed by atoms with Gasteiger partial charge in [0.05, 0.1) is 0 Å². The fraction of sp³-hybridized carbons (Fsp3) is 0. The molecule has 102 valence electrons. The average Bonchev–Trinajstić information content (AvgIpc) is 3.01. The van der Waals surface area contributed by atoms with Crippen LogP contribution in [0.3, 0.4) is 0 Å². The largest absolute Gasteiger partial charge is 0.137 e. The number of hydrogen-bond donors (Lipinski definition) is 0. The quantitative estimate of drug-likeness (QED) is 0.545. The van der Waals surface area contributed by atoms with Crippen molar-refractivity contribution in [1.29, 1.82) is 0 Å². The molecule has 21 heavy (non-hydrogen) atoms. The predicted octanol–water partition coefficient (Wildman–Crippen LogP) is 6.09. The molecule has 0 nitrogen and oxygen atoms in total. The molecule has 0 spiro atoms. The van der Waals surface area contributed by atoms with Gasteiger partial charge >= 0.3 is 0 Å². The van der Waals surface area contributed by atoms with Gasteiger partial charge in [-0.2, -0.15) is 0 Å². The van der Waals surface area contributed by atoms with E-state index in [1.54, 1.807) is 11.3 Å². The normalized spacial score (nSPS) is 11.4. The standard InChI is InChI=1S/C20H16S/c1-3-7-17(8-4-1)11-13-19-15-16-20(21-19)14-12-18-9-5-2-6-10-18/h1-16H. The maximum Gasteiger partial charge on any atom is 0.0276 e. The Hall–Kier alpha value is -2.38. The van der Waals surface area contributed by atoms with Crippen molar-refractivity contribution in [1.82, 2.24) is 0 Å². The molecular weight excluding hydrogens is 272 g/mol. The highest BCUT2D eigenvalue weighted by Crippen LogP contribution is 2.21. The Balaban J connectivity index is 1.69. The van der Waals surface area contributed by atoms with Crippen molar-refractivity contribution in [3.05, 3.63) is 93.7 Å². The molecule has 0 aliphatic rings. The molecule has 0 aliphatic heterocycles. The van der Waals surface area contributed by atoms with E-state index < -0.39 is 0 Å². The first-order chi connectivity index (χ1) is 10.4. The van der Waals surface area contributed by atoms with Crippen LogP contribution >= 0.6 is 11.3 Å². The highest BCUT2D eigenvalue weighted by Gasteiger charge is 1.94. The van der Waals surface area contributed by atoms with Crippen molar-refractivity contribution >= 4 is 35.6 Å². The minimum absolute atomic E-state index is 1.23. The zero-order valence-electron chi connectivity index (χ0n) is 11.6. The Kier molecular flexibility index (Phi) is 4.45. The van der Waals surface area contributed by atoms with E-state index in [-0.39, 0.29) is 0 Å². The minimum Gasteiger partial charge on any atom is -0.137 e. The second-order valence-electron chi connectivity index (χ2n) is 4.73. The van der Waals surface area contributed by atoms with Crippen LogP contribution in [0.1, 0.15) is 20.9 Å². The highest BCUT2D eigenvalue weighted by molar-refractivity contribution is 7.13. The smallest absolute Gasteiger partial charge is 0.0276 e. The van der Waals surface area contributed by atoms with Crippen LogP contribution < -0.4 is 0 Å². The monoisotopic (exact) mass is 288 g/mol. The Morgan fingerprint density at radius 1 is 0.476 bits per heavy atom. The predicted molar refractivity (Wildman–Crippen MR) is 95.1 cm³/mol. The molecule has 0 saturated heterocycles. The van der Waals surface area contributed by atoms with Gasteiger partial charge in [-0.1, -0.05) is 72.8 Å². The molecule has 0 bridgehead atoms. The van der Waals surface area contributed by atoms with Gasteiger partial charge in [-0.05, 0) is 35.4 Å². The molecule has 1 heteroatoms. The maximum absolute atomic E-state index is 2.17. The lowest BCUT2D eigenvalue weighted by molar-refractivity contribution is 1.67. The van der Waals surface area contributed by atoms with Crippen LogP contribution in [0.25, 0.3) is 24.3 Å². The molecular formula is C20H16S. The molecule has 1 heterocycles. The van der Waals surface area contributed by atoms with Crippen molar-refractivity contribution in [2.75, 3.05) is 0 Å². The van der Waals surface area contributed by atoms with Gasteiger partial charge in [0.1, 0.15) is 0 Å². The lowest BCUT2D eigenvalue weighted by Crippen LogP contribution is -1.67. The van der Waals surface area contributed by atoms with Crippen molar-refractivity contribution in [3.63, 3.8) is 0 Å². The second kappa shape index (κ2) is 6.87. The van der Waals surface area contributed by atoms with Crippen LogP contribution in [0.5, 0.6) is 0 Å². The Morgan fingerprint density at radius 2 is 0.905 bits per heavy atom. The summed E-state index contributed by atoms with van der Waals surface area (Å²) in [6, 6.07) is 25.1. The van der Waals surface area contributed by atoms with Gasteiger partial charge in [0.2, 0.25) is 0 Å². The van der Waals surface area contributed by atoms with Gasteiger partial charge < -0.3 is 0 Å². The van der Waals surface area contributed by atoms with Crippen LogP contribution in [0.2, 0.25) is 0 Å². The molecule has 0 amide bonds. The van der Waals surface area contributed by atoms with Crippen LogP contribution in [0.15, 0.2) is 72.8 Å². The van der Waals surface area contributed by atoms with Crippen LogP contribution in [-0.4, -0.2) is 0 Å². The SMILES string of the molecule is C(=Cc1ccc(C=Cc2ccccc2)s1)c1ccccc1. The Morgan fingerprint density at radius 3 is 1.33 bits per heavy atom. The van der Waals surface area contributed by atoms with Gasteiger partial charge in [-0.15, -0.1) is 11.3 Å². The van der Waals surface area contributed by atoms with Gasteiger partial charge in [0, 0.05) is 9.75 Å². The number of rotatable bonds is 4. The number of thiophene rings is 1. The van der Waals surface area contributed by atoms with Crippen LogP contribution in [-0.2, 0) is 0 Å². The number of benzene rings is 2. The fourth-order valence-corrected chi connectivity index (χ4v) is 2.85. The first kappa shape index (κ1) is 13.6. The lowest BCUT2D eigenvalue weighted by atomic mass is 10.2. The fourth-order valence-electron chi connectivity index (χ4n) is 2.03. The van der Waals surface area contributed by atoms with Gasteiger partial charge in [0.25, 0.3) is 0 Å². The Bertz CT molecular complexity index is 670. The van der Waals surface area contributed by atoms with Crippen molar-refractivity contribution in [3.8, 4) is 0 Å². The summed E-state index contributed by atoms with van der Waals surface area (Å²) in [5.74, 6) is 0. The molecule has 3 aromatic rings. The van der Waals surface area contributed by atoms with Crippen molar-refractivity contribution < 1.29 is 0 Å². The van der Waals surface area contributed by atoms with E-state index in [9.17, 15) is 0 Å². The first-order valence-corrected chi connectivity index (χ1v) is 7.78. The van der Waals surface area contributed by atoms with E-state index in [1.165, 1.54) is 20.9 Å². The third-order valence-corrected chi connectivity index (χ3v) is 4.14. The highest BCUT2D eigenvalue weighted by atomic mass is 32.1. The molecule has 3 rings (SSSR count). The van der Waals surface area contributed by atoms with E-state index in [2.05, 4.69) is 85.0 Å². The molecule has 1 aromatic heterocycles. The topological polar surface area (TPSA) is 0 Å². The van der Waals surface area contributed by atoms with E-state index in [0.29, 0.717) is 0 Å². The molecule has 0 atom stereocenters. The van der Waals surface area contributed by atoms with E-state index in [4.69, 9.17) is 0 Å². The van der Waals surface area contributed by atoms with Crippen molar-refractivity contribution in [2.45, 2.75) is 0 Å². The summed E-state index contributed by atoms with van der Waals surface area (Å²) in [6.45, 7) is 0. The lowest BCUT2D eigenvalue weighted by Gasteiger charge is -1.91. The minimum atomic E-state index is 1.23. The van der Waals surface area contributed by atoms with Crippen molar-refractivity contribution in [2.24, 2.45) is 0 Å². The summed E-state index contributed by atoms with van der Waals surface area (Å²) in [5.41, 5.74) is 2.46. The van der Waals surface area contributed by atoms with E-state index >= 15 is 0 Å². The average molecular weight is 288 g/mol. The summed E-state index contributed by atoms with van der Waals surface area (Å²) >= 11 is 1.80. The summed E-state index contributed by atoms with van der Waals surface area (Å²) in [6.07, 6.45) is 8.63. The molecule has 2 aromatic carbocycles. The van der Waals surface area contributed by atoms with E-state index in [1.807, 2.05) is 12.1 Å². The maximum atomic E-state index is 2.17. The van der Waals surface area contributed by atoms with Gasteiger partial charge in [-0.3, -0.25) is 0 Å². The van der Waals surface area contributed by atoms with Gasteiger partial charge in [-0.25, -0.2) is 0 Å². The van der Waals surface area contributed by atoms with Gasteiger partial charge in [0.15, 0.2) is 0 Å². The van der Waals surface area contributed by atoms with Crippen LogP contribution in [0.4, 0.5) is 0 Å². The molecule has 0 saturated carbocycles.